The van der Waals surface area contributed by atoms with Crippen molar-refractivity contribution >= 4 is 39.7 Å². The van der Waals surface area contributed by atoms with Gasteiger partial charge in [0.15, 0.2) is 0 Å². The summed E-state index contributed by atoms with van der Waals surface area (Å²) in [5, 5.41) is 2.80. The number of aliphatic imine (C=N–C) groups is 3. The van der Waals surface area contributed by atoms with E-state index in [0.717, 1.165) is 24.3 Å². The Balaban J connectivity index is 2.18. The van der Waals surface area contributed by atoms with Crippen molar-refractivity contribution < 1.29 is 35.2 Å². The summed E-state index contributed by atoms with van der Waals surface area (Å²) in [7, 11) is -3.95. The summed E-state index contributed by atoms with van der Waals surface area (Å²) < 4.78 is 86.0. The van der Waals surface area contributed by atoms with Gasteiger partial charge in [-0.3, -0.25) is 9.79 Å². The molecule has 2 rings (SSSR count). The van der Waals surface area contributed by atoms with Crippen molar-refractivity contribution in [3.8, 4) is 0 Å². The highest BCUT2D eigenvalue weighted by Gasteiger charge is 2.46. The van der Waals surface area contributed by atoms with Gasteiger partial charge in [0.1, 0.15) is 11.8 Å². The van der Waals surface area contributed by atoms with E-state index in [1.165, 1.54) is 6.21 Å². The number of carbonyl (C=O) groups is 1. The predicted octanol–water partition coefficient (Wildman–Crippen LogP) is 2.23. The van der Waals surface area contributed by atoms with Gasteiger partial charge >= 0.3 is 5.51 Å². The molecule has 1 fully saturated rings. The molecule has 0 heterocycles. The van der Waals surface area contributed by atoms with Gasteiger partial charge in [-0.05, 0) is 43.5 Å². The van der Waals surface area contributed by atoms with E-state index >= 15 is 0 Å². The predicted molar refractivity (Wildman–Crippen MR) is 125 cm³/mol. The minimum atomic E-state index is -5.52. The van der Waals surface area contributed by atoms with Crippen molar-refractivity contribution in [1.82, 2.24) is 5.32 Å². The molecule has 5 N–H and O–H groups in total. The molecule has 200 valence electrons. The molecule has 9 nitrogen and oxygen atoms in total. The number of halogens is 5. The minimum Gasteiger partial charge on any atom is -0.386 e. The number of hydrogen-bond acceptors (Lipinski definition) is 7. The van der Waals surface area contributed by atoms with Crippen molar-refractivity contribution in [3.63, 3.8) is 0 Å². The van der Waals surface area contributed by atoms with Crippen molar-refractivity contribution in [3.05, 3.63) is 24.3 Å². The van der Waals surface area contributed by atoms with E-state index in [1.54, 1.807) is 13.3 Å². The first-order valence-corrected chi connectivity index (χ1v) is 12.3. The highest BCUT2D eigenvalue weighted by atomic mass is 32.2. The lowest BCUT2D eigenvalue weighted by atomic mass is 9.82. The third kappa shape index (κ3) is 7.78. The quantitative estimate of drug-likeness (QED) is 0.237. The normalized spacial score (nSPS) is 23.0. The summed E-state index contributed by atoms with van der Waals surface area (Å²) in [5.41, 5.74) is 5.85. The molecular weight excluding hydrogens is 511 g/mol. The SMILES string of the molecule is CN=CC1CC(NCC(F)F)CCC1N=CC(C(N)=O)C(N)=Nc1ccc(S(=O)(=O)C(F)(F)F)cc1. The fourth-order valence-electron chi connectivity index (χ4n) is 3.71. The molecule has 0 aliphatic heterocycles. The Morgan fingerprint density at radius 1 is 1.19 bits per heavy atom. The van der Waals surface area contributed by atoms with Crippen LogP contribution in [0, 0.1) is 11.8 Å². The van der Waals surface area contributed by atoms with Crippen LogP contribution < -0.4 is 16.8 Å². The van der Waals surface area contributed by atoms with Gasteiger partial charge in [-0.1, -0.05) is 0 Å². The third-order valence-electron chi connectivity index (χ3n) is 5.52. The van der Waals surface area contributed by atoms with Crippen LogP contribution in [-0.4, -0.2) is 70.2 Å². The number of rotatable bonds is 10. The number of amides is 1. The number of nitrogens with zero attached hydrogens (tertiary/aromatic N) is 3. The zero-order valence-corrected chi connectivity index (χ0v) is 20.0. The molecule has 36 heavy (non-hydrogen) atoms. The van der Waals surface area contributed by atoms with Gasteiger partial charge in [-0.15, -0.1) is 0 Å². The van der Waals surface area contributed by atoms with E-state index in [4.69, 9.17) is 11.5 Å². The Hall–Kier alpha value is -2.94. The van der Waals surface area contributed by atoms with Crippen LogP contribution in [0.15, 0.2) is 44.1 Å². The molecule has 1 aliphatic carbocycles. The Bertz CT molecular complexity index is 1090. The number of hydrogen-bond donors (Lipinski definition) is 3. The van der Waals surface area contributed by atoms with Gasteiger partial charge in [-0.25, -0.2) is 22.2 Å². The second-order valence-electron chi connectivity index (χ2n) is 8.11. The van der Waals surface area contributed by atoms with Gasteiger partial charge in [0.2, 0.25) is 5.91 Å². The summed E-state index contributed by atoms with van der Waals surface area (Å²) in [4.78, 5) is 23.4. The van der Waals surface area contributed by atoms with Gasteiger partial charge < -0.3 is 21.8 Å². The average Bonchev–Trinajstić information content (AvgIpc) is 2.78. The van der Waals surface area contributed by atoms with Crippen LogP contribution >= 0.6 is 0 Å². The van der Waals surface area contributed by atoms with Crippen molar-refractivity contribution in [2.75, 3.05) is 13.6 Å². The number of sulfone groups is 1. The van der Waals surface area contributed by atoms with Gasteiger partial charge in [-0.2, -0.15) is 13.2 Å². The lowest BCUT2D eigenvalue weighted by Gasteiger charge is -2.32. The molecule has 0 radical (unpaired) electrons. The van der Waals surface area contributed by atoms with Crippen LogP contribution in [0.2, 0.25) is 0 Å². The van der Waals surface area contributed by atoms with Crippen molar-refractivity contribution in [2.45, 2.75) is 48.2 Å². The maximum Gasteiger partial charge on any atom is 0.501 e. The molecule has 1 saturated carbocycles. The molecule has 1 amide bonds. The molecule has 1 aromatic carbocycles. The Kier molecular flexibility index (Phi) is 10.0. The number of carbonyl (C=O) groups excluding carboxylic acids is 1. The Morgan fingerprint density at radius 2 is 1.83 bits per heavy atom. The summed E-state index contributed by atoms with van der Waals surface area (Å²) in [6.07, 6.45) is 2.00. The summed E-state index contributed by atoms with van der Waals surface area (Å²) in [5.74, 6) is -2.63. The van der Waals surface area contributed by atoms with Gasteiger partial charge in [0, 0.05) is 31.4 Å². The van der Waals surface area contributed by atoms with E-state index in [1.807, 2.05) is 0 Å². The molecular formula is C21H27F5N6O3S. The maximum absolute atomic E-state index is 12.7. The molecule has 0 saturated heterocycles. The molecule has 0 spiro atoms. The second kappa shape index (κ2) is 12.3. The summed E-state index contributed by atoms with van der Waals surface area (Å²) in [6.45, 7) is -0.422. The van der Waals surface area contributed by atoms with Crippen molar-refractivity contribution in [1.29, 1.82) is 0 Å². The largest absolute Gasteiger partial charge is 0.501 e. The van der Waals surface area contributed by atoms with Gasteiger partial charge in [0.05, 0.1) is 23.2 Å². The fourth-order valence-corrected chi connectivity index (χ4v) is 4.47. The molecule has 4 atom stereocenters. The van der Waals surface area contributed by atoms with E-state index in [2.05, 4.69) is 20.3 Å². The maximum atomic E-state index is 12.7. The molecule has 15 heteroatoms. The van der Waals surface area contributed by atoms with Crippen LogP contribution in [-0.2, 0) is 14.6 Å². The zero-order valence-electron chi connectivity index (χ0n) is 19.2. The first-order valence-electron chi connectivity index (χ1n) is 10.8. The van der Waals surface area contributed by atoms with Crippen molar-refractivity contribution in [2.24, 2.45) is 38.3 Å². The third-order valence-corrected chi connectivity index (χ3v) is 7.03. The number of nitrogens with one attached hydrogen (secondary N) is 1. The van der Waals surface area contributed by atoms with Crippen LogP contribution in [0.4, 0.5) is 27.6 Å². The monoisotopic (exact) mass is 538 g/mol. The second-order valence-corrected chi connectivity index (χ2v) is 10.0. The number of primary amides is 1. The molecule has 0 bridgehead atoms. The topological polar surface area (TPSA) is 152 Å². The summed E-state index contributed by atoms with van der Waals surface area (Å²) >= 11 is 0. The van der Waals surface area contributed by atoms with Gasteiger partial charge in [0.25, 0.3) is 16.3 Å². The average molecular weight is 539 g/mol. The molecule has 1 aliphatic rings. The molecule has 4 unspecified atom stereocenters. The highest BCUT2D eigenvalue weighted by molar-refractivity contribution is 7.92. The van der Waals surface area contributed by atoms with E-state index < -0.39 is 45.0 Å². The number of nitrogens with two attached hydrogens (primary N) is 2. The Morgan fingerprint density at radius 3 is 2.36 bits per heavy atom. The van der Waals surface area contributed by atoms with Crippen LogP contribution in [0.3, 0.4) is 0 Å². The molecule has 1 aromatic rings. The lowest BCUT2D eigenvalue weighted by molar-refractivity contribution is -0.118. The van der Waals surface area contributed by atoms with Crippen LogP contribution in [0.1, 0.15) is 19.3 Å². The lowest BCUT2D eigenvalue weighted by Crippen LogP contribution is -2.42. The molecule has 0 aromatic heterocycles. The minimum absolute atomic E-state index is 0.00474. The number of alkyl halides is 5. The highest BCUT2D eigenvalue weighted by Crippen LogP contribution is 2.31. The van der Waals surface area contributed by atoms with E-state index in [0.29, 0.717) is 19.3 Å². The number of amidine groups is 1. The van der Waals surface area contributed by atoms with Crippen LogP contribution in [0.25, 0.3) is 0 Å². The smallest absolute Gasteiger partial charge is 0.386 e. The standard InChI is InChI=1S/C21H27F5N6O3S/c1-29-9-12-8-14(30-11-18(22)23)4-7-17(12)31-10-16(20(28)33)19(27)32-13-2-5-15(6-3-13)36(34,35)21(24,25)26/h2-3,5-6,9-10,12,14,16-18,30H,4,7-8,11H2,1H3,(H2,27,32)(H2,28,33). The van der Waals surface area contributed by atoms with E-state index in [-0.39, 0.29) is 29.5 Å². The van der Waals surface area contributed by atoms with E-state index in [9.17, 15) is 35.2 Å². The first-order chi connectivity index (χ1) is 16.8. The first kappa shape index (κ1) is 29.3. The van der Waals surface area contributed by atoms with Crippen LogP contribution in [0.5, 0.6) is 0 Å². The summed E-state index contributed by atoms with van der Waals surface area (Å²) in [6, 6.07) is 2.98. The Labute approximate surface area is 204 Å². The zero-order chi connectivity index (χ0) is 27.1. The fraction of sp³-hybridized carbons (Fsp3) is 0.524. The number of benzene rings is 1.